The van der Waals surface area contributed by atoms with Gasteiger partial charge in [0, 0.05) is 49.7 Å². The third kappa shape index (κ3) is 7.77. The largest absolute Gasteiger partial charge is 0.493 e. The molecule has 0 aliphatic carbocycles. The summed E-state index contributed by atoms with van der Waals surface area (Å²) in [6.45, 7) is 9.75. The van der Waals surface area contributed by atoms with Gasteiger partial charge >= 0.3 is 0 Å². The summed E-state index contributed by atoms with van der Waals surface area (Å²) in [7, 11) is 4.70. The van der Waals surface area contributed by atoms with Crippen LogP contribution in [0.25, 0.3) is 11.0 Å². The van der Waals surface area contributed by atoms with Crippen LogP contribution in [0.5, 0.6) is 17.2 Å². The molecule has 0 radical (unpaired) electrons. The number of anilines is 1. The van der Waals surface area contributed by atoms with Crippen molar-refractivity contribution in [3.8, 4) is 23.3 Å². The minimum atomic E-state index is -0.150. The number of benzene rings is 3. The monoisotopic (exact) mass is 694 g/mol. The maximum atomic E-state index is 14.0. The maximum Gasteiger partial charge on any atom is 0.254 e. The summed E-state index contributed by atoms with van der Waals surface area (Å²) in [6, 6.07) is 20.8. The fraction of sp³-hybridized carbons (Fsp3) is 0.475. The van der Waals surface area contributed by atoms with E-state index in [1.807, 2.05) is 29.2 Å². The molecule has 1 amide bonds. The fourth-order valence-electron chi connectivity index (χ4n) is 7.63. The third-order valence-corrected chi connectivity index (χ3v) is 10.8. The van der Waals surface area contributed by atoms with Crippen molar-refractivity contribution in [2.24, 2.45) is 0 Å². The summed E-state index contributed by atoms with van der Waals surface area (Å²) in [6.07, 6.45) is 3.89. The molecule has 0 spiro atoms. The molecule has 6 rings (SSSR count). The topological polar surface area (TPSA) is 114 Å². The van der Waals surface area contributed by atoms with Gasteiger partial charge in [-0.1, -0.05) is 30.3 Å². The molecule has 0 bridgehead atoms. The van der Waals surface area contributed by atoms with Gasteiger partial charge in [-0.2, -0.15) is 5.26 Å². The van der Waals surface area contributed by atoms with E-state index in [4.69, 9.17) is 29.2 Å². The first-order valence-corrected chi connectivity index (χ1v) is 17.8. The SMILES string of the molecule is COc1cc(C(=O)N2CCC(CCN3CCC(Nc4nc5ccccc5n4CCOCC#N)CC3)(c3ccc(C)c(C)c3)C2)cc(OC)c1OC. The molecule has 11 heteroatoms. The highest BCUT2D eigenvalue weighted by atomic mass is 16.5. The highest BCUT2D eigenvalue weighted by Gasteiger charge is 2.42. The molecule has 2 saturated heterocycles. The van der Waals surface area contributed by atoms with E-state index in [2.05, 4.69) is 52.9 Å². The Balaban J connectivity index is 1.13. The number of piperidine rings is 1. The number of nitrogens with zero attached hydrogens (tertiary/aromatic N) is 5. The van der Waals surface area contributed by atoms with Crippen LogP contribution in [0.4, 0.5) is 5.95 Å². The number of methoxy groups -OCH3 is 3. The summed E-state index contributed by atoms with van der Waals surface area (Å²) in [5, 5.41) is 12.6. The van der Waals surface area contributed by atoms with Crippen molar-refractivity contribution >= 4 is 22.9 Å². The van der Waals surface area contributed by atoms with Crippen molar-refractivity contribution in [2.75, 3.05) is 72.6 Å². The molecule has 11 nitrogen and oxygen atoms in total. The lowest BCUT2D eigenvalue weighted by molar-refractivity contribution is 0.0779. The number of fused-ring (bicyclic) bond motifs is 1. The van der Waals surface area contributed by atoms with Crippen LogP contribution < -0.4 is 19.5 Å². The van der Waals surface area contributed by atoms with Crippen LogP contribution in [0.15, 0.2) is 54.6 Å². The van der Waals surface area contributed by atoms with E-state index in [-0.39, 0.29) is 17.9 Å². The highest BCUT2D eigenvalue weighted by molar-refractivity contribution is 5.96. The van der Waals surface area contributed by atoms with Crippen molar-refractivity contribution in [1.82, 2.24) is 19.4 Å². The highest BCUT2D eigenvalue weighted by Crippen LogP contribution is 2.42. The van der Waals surface area contributed by atoms with Crippen molar-refractivity contribution in [3.05, 3.63) is 76.9 Å². The van der Waals surface area contributed by atoms with Crippen molar-refractivity contribution < 1.29 is 23.7 Å². The Hall–Kier alpha value is -4.79. The lowest BCUT2D eigenvalue weighted by Crippen LogP contribution is -2.42. The number of para-hydroxylation sites is 2. The lowest BCUT2D eigenvalue weighted by atomic mass is 9.75. The predicted molar refractivity (Wildman–Crippen MR) is 198 cm³/mol. The maximum absolute atomic E-state index is 14.0. The van der Waals surface area contributed by atoms with Crippen LogP contribution in [0.2, 0.25) is 0 Å². The number of hydrogen-bond acceptors (Lipinski definition) is 9. The number of hydrogen-bond donors (Lipinski definition) is 1. The summed E-state index contributed by atoms with van der Waals surface area (Å²) >= 11 is 0. The Kier molecular flexibility index (Phi) is 11.3. The Morgan fingerprint density at radius 3 is 2.39 bits per heavy atom. The number of carbonyl (C=O) groups excluding carboxylic acids is 1. The molecule has 3 heterocycles. The van der Waals surface area contributed by atoms with Crippen molar-refractivity contribution in [3.63, 3.8) is 0 Å². The molecule has 1 N–H and O–H groups in total. The second-order valence-corrected chi connectivity index (χ2v) is 13.8. The summed E-state index contributed by atoms with van der Waals surface area (Å²) in [5.41, 5.74) is 6.24. The molecule has 2 aliphatic rings. The molecule has 2 fully saturated rings. The summed E-state index contributed by atoms with van der Waals surface area (Å²) < 4.78 is 24.2. The Labute approximate surface area is 301 Å². The van der Waals surface area contributed by atoms with Gasteiger partial charge in [0.25, 0.3) is 5.91 Å². The van der Waals surface area contributed by atoms with Crippen LogP contribution in [0.3, 0.4) is 0 Å². The smallest absolute Gasteiger partial charge is 0.254 e. The second-order valence-electron chi connectivity index (χ2n) is 13.8. The normalized spacial score (nSPS) is 18.2. The summed E-state index contributed by atoms with van der Waals surface area (Å²) in [5.74, 6) is 2.24. The van der Waals surface area contributed by atoms with Gasteiger partial charge in [-0.05, 0) is 87.0 Å². The van der Waals surface area contributed by atoms with Crippen molar-refractivity contribution in [1.29, 1.82) is 5.26 Å². The van der Waals surface area contributed by atoms with Crippen molar-refractivity contribution in [2.45, 2.75) is 57.5 Å². The minimum Gasteiger partial charge on any atom is -0.493 e. The average molecular weight is 695 g/mol. The van der Waals surface area contributed by atoms with Crippen LogP contribution in [0, 0.1) is 25.2 Å². The number of likely N-dealkylation sites (tertiary alicyclic amines) is 2. The number of nitriles is 1. The van der Waals surface area contributed by atoms with Crippen LogP contribution >= 0.6 is 0 Å². The number of aryl methyl sites for hydroxylation is 2. The molecule has 2 aliphatic heterocycles. The number of imidazole rings is 1. The first-order chi connectivity index (χ1) is 24.8. The number of nitrogens with one attached hydrogen (secondary N) is 1. The van der Waals surface area contributed by atoms with Gasteiger partial charge in [-0.25, -0.2) is 4.98 Å². The second kappa shape index (κ2) is 16.0. The van der Waals surface area contributed by atoms with Gasteiger partial charge in [0.05, 0.1) is 45.0 Å². The molecule has 51 heavy (non-hydrogen) atoms. The van der Waals surface area contributed by atoms with Crippen LogP contribution in [0.1, 0.15) is 52.7 Å². The molecule has 1 atom stereocenters. The molecule has 1 unspecified atom stereocenters. The van der Waals surface area contributed by atoms with Gasteiger partial charge in [0.2, 0.25) is 11.7 Å². The number of rotatable bonds is 14. The standard InChI is InChI=1S/C40H50N6O5/c1-28-10-11-31(24-29(28)2)40(15-20-45(27-40)38(47)30-25-35(48-3)37(50-5)36(26-30)49-4)14-19-44-17-12-32(13-18-44)42-39-43-33-8-6-7-9-34(33)46(39)21-23-51-22-16-41/h6-11,24-26,32H,12-15,17-23,27H2,1-5H3,(H,42,43). The molecule has 1 aromatic heterocycles. The third-order valence-electron chi connectivity index (χ3n) is 10.8. The van der Waals surface area contributed by atoms with Gasteiger partial charge in [-0.3, -0.25) is 4.79 Å². The molecule has 0 saturated carbocycles. The van der Waals surface area contributed by atoms with Crippen LogP contribution in [-0.4, -0.2) is 98.6 Å². The van der Waals surface area contributed by atoms with E-state index in [1.54, 1.807) is 33.5 Å². The van der Waals surface area contributed by atoms with E-state index >= 15 is 0 Å². The number of ether oxygens (including phenoxy) is 4. The zero-order chi connectivity index (χ0) is 36.0. The average Bonchev–Trinajstić information content (AvgIpc) is 3.75. The molecule has 3 aromatic carbocycles. The summed E-state index contributed by atoms with van der Waals surface area (Å²) in [4.78, 5) is 23.5. The first-order valence-electron chi connectivity index (χ1n) is 17.8. The molecule has 4 aromatic rings. The number of carbonyl (C=O) groups is 1. The van der Waals surface area contributed by atoms with E-state index in [9.17, 15) is 4.79 Å². The Morgan fingerprint density at radius 2 is 1.71 bits per heavy atom. The van der Waals surface area contributed by atoms with Gasteiger partial charge in [0.1, 0.15) is 6.61 Å². The predicted octanol–water partition coefficient (Wildman–Crippen LogP) is 5.97. The lowest BCUT2D eigenvalue weighted by Gasteiger charge is -2.36. The Bertz CT molecular complexity index is 1850. The van der Waals surface area contributed by atoms with Crippen LogP contribution in [-0.2, 0) is 16.7 Å². The number of aromatic nitrogens is 2. The quantitative estimate of drug-likeness (QED) is 0.160. The Morgan fingerprint density at radius 1 is 0.961 bits per heavy atom. The molecular weight excluding hydrogens is 644 g/mol. The molecular formula is C40H50N6O5. The fourth-order valence-corrected chi connectivity index (χ4v) is 7.63. The van der Waals surface area contributed by atoms with E-state index in [0.29, 0.717) is 55.1 Å². The number of amides is 1. The van der Waals surface area contributed by atoms with Gasteiger partial charge in [0.15, 0.2) is 11.5 Å². The van der Waals surface area contributed by atoms with Gasteiger partial charge in [-0.15, -0.1) is 0 Å². The minimum absolute atomic E-state index is 0.0329. The zero-order valence-electron chi connectivity index (χ0n) is 30.5. The van der Waals surface area contributed by atoms with E-state index in [0.717, 1.165) is 62.3 Å². The van der Waals surface area contributed by atoms with E-state index < -0.39 is 0 Å². The zero-order valence-corrected chi connectivity index (χ0v) is 30.5. The first kappa shape index (κ1) is 36.0. The van der Waals surface area contributed by atoms with E-state index in [1.165, 1.54) is 16.7 Å². The van der Waals surface area contributed by atoms with Gasteiger partial charge < -0.3 is 38.6 Å². The molecule has 270 valence electrons.